The van der Waals surface area contributed by atoms with Crippen LogP contribution in [0, 0.1) is 0 Å². The minimum atomic E-state index is -0.365. The molecule has 0 aliphatic carbocycles. The quantitative estimate of drug-likeness (QED) is 0.794. The van der Waals surface area contributed by atoms with Gasteiger partial charge in [0.1, 0.15) is 5.66 Å². The van der Waals surface area contributed by atoms with Crippen LogP contribution in [0.25, 0.3) is 0 Å². The third kappa shape index (κ3) is 3.57. The van der Waals surface area contributed by atoms with Crippen molar-refractivity contribution in [2.45, 2.75) is 18.6 Å². The van der Waals surface area contributed by atoms with E-state index in [1.807, 2.05) is 24.4 Å². The van der Waals surface area contributed by atoms with E-state index in [2.05, 4.69) is 65.2 Å². The summed E-state index contributed by atoms with van der Waals surface area (Å²) >= 11 is 0. The van der Waals surface area contributed by atoms with Crippen LogP contribution in [0.5, 0.6) is 0 Å². The Kier molecular flexibility index (Phi) is 4.26. The second-order valence-electron chi connectivity index (χ2n) is 5.59. The van der Waals surface area contributed by atoms with E-state index in [-0.39, 0.29) is 5.66 Å². The first-order chi connectivity index (χ1) is 10.8. The molecule has 3 nitrogen and oxygen atoms in total. The molecule has 0 fully saturated rings. The van der Waals surface area contributed by atoms with Crippen molar-refractivity contribution in [2.24, 2.45) is 5.73 Å². The van der Waals surface area contributed by atoms with Gasteiger partial charge in [-0.3, -0.25) is 5.32 Å². The summed E-state index contributed by atoms with van der Waals surface area (Å²) in [4.78, 5) is 0. The summed E-state index contributed by atoms with van der Waals surface area (Å²) in [6.45, 7) is 0.776. The van der Waals surface area contributed by atoms with Crippen LogP contribution in [-0.4, -0.2) is 5.66 Å². The molecule has 2 aromatic carbocycles. The van der Waals surface area contributed by atoms with Crippen molar-refractivity contribution in [3.63, 3.8) is 0 Å². The van der Waals surface area contributed by atoms with Crippen molar-refractivity contribution < 1.29 is 0 Å². The van der Waals surface area contributed by atoms with E-state index in [1.165, 1.54) is 11.1 Å². The van der Waals surface area contributed by atoms with Crippen LogP contribution >= 0.6 is 0 Å². The fourth-order valence-electron chi connectivity index (χ4n) is 2.70. The first kappa shape index (κ1) is 14.4. The van der Waals surface area contributed by atoms with E-state index >= 15 is 0 Å². The van der Waals surface area contributed by atoms with Crippen LogP contribution in [0.15, 0.2) is 84.7 Å². The van der Waals surface area contributed by atoms with Gasteiger partial charge in [0, 0.05) is 24.9 Å². The van der Waals surface area contributed by atoms with Crippen molar-refractivity contribution in [1.29, 1.82) is 0 Å². The number of allylic oxidation sites excluding steroid dienone is 1. The van der Waals surface area contributed by atoms with E-state index < -0.39 is 0 Å². The molecule has 1 unspecified atom stereocenters. The molecule has 3 heteroatoms. The molecule has 0 saturated carbocycles. The summed E-state index contributed by atoms with van der Waals surface area (Å²) in [6, 6.07) is 20.8. The lowest BCUT2D eigenvalue weighted by Crippen LogP contribution is -2.56. The zero-order valence-corrected chi connectivity index (χ0v) is 12.5. The molecular weight excluding hydrogens is 270 g/mol. The molecule has 1 aliphatic rings. The monoisotopic (exact) mass is 291 g/mol. The summed E-state index contributed by atoms with van der Waals surface area (Å²) in [6.07, 6.45) is 6.68. The Hall–Kier alpha value is -2.52. The highest BCUT2D eigenvalue weighted by Crippen LogP contribution is 2.18. The standard InChI is InChI=1S/C19H21N3/c20-18-11-12-21-19(14-18,13-16-7-3-1-4-8-16)22-15-17-9-5-2-6-10-17/h1-12,14,21-22H,13,15,20H2. The van der Waals surface area contributed by atoms with Crippen molar-refractivity contribution >= 4 is 0 Å². The van der Waals surface area contributed by atoms with Crippen molar-refractivity contribution in [2.75, 3.05) is 0 Å². The van der Waals surface area contributed by atoms with Crippen LogP contribution in [-0.2, 0) is 13.0 Å². The molecule has 0 saturated heterocycles. The van der Waals surface area contributed by atoms with Crippen LogP contribution in [0.2, 0.25) is 0 Å². The topological polar surface area (TPSA) is 50.1 Å². The molecule has 3 rings (SSSR count). The first-order valence-electron chi connectivity index (χ1n) is 7.51. The molecule has 4 N–H and O–H groups in total. The lowest BCUT2D eigenvalue weighted by atomic mass is 9.96. The number of benzene rings is 2. The molecule has 2 aromatic rings. The number of dihydropyridines is 1. The minimum Gasteiger partial charge on any atom is -0.399 e. The van der Waals surface area contributed by atoms with Gasteiger partial charge in [0.05, 0.1) is 0 Å². The Balaban J connectivity index is 1.79. The van der Waals surface area contributed by atoms with Gasteiger partial charge in [-0.25, -0.2) is 0 Å². The highest BCUT2D eigenvalue weighted by molar-refractivity contribution is 5.30. The number of hydrogen-bond donors (Lipinski definition) is 3. The summed E-state index contributed by atoms with van der Waals surface area (Å²) < 4.78 is 0. The molecule has 0 radical (unpaired) electrons. The highest BCUT2D eigenvalue weighted by Gasteiger charge is 2.28. The normalized spacial score (nSPS) is 20.3. The maximum absolute atomic E-state index is 6.03. The zero-order valence-electron chi connectivity index (χ0n) is 12.5. The molecule has 112 valence electrons. The number of nitrogens with one attached hydrogen (secondary N) is 2. The van der Waals surface area contributed by atoms with E-state index in [0.717, 1.165) is 18.7 Å². The third-order valence-electron chi connectivity index (χ3n) is 3.81. The molecule has 1 aliphatic heterocycles. The van der Waals surface area contributed by atoms with Crippen LogP contribution < -0.4 is 16.4 Å². The Morgan fingerprint density at radius 1 is 0.909 bits per heavy atom. The fourth-order valence-corrected chi connectivity index (χ4v) is 2.70. The van der Waals surface area contributed by atoms with Gasteiger partial charge >= 0.3 is 0 Å². The number of hydrogen-bond acceptors (Lipinski definition) is 3. The van der Waals surface area contributed by atoms with Gasteiger partial charge in [0.25, 0.3) is 0 Å². The second kappa shape index (κ2) is 6.50. The van der Waals surface area contributed by atoms with E-state index in [9.17, 15) is 0 Å². The molecule has 1 heterocycles. The second-order valence-corrected chi connectivity index (χ2v) is 5.59. The van der Waals surface area contributed by atoms with Gasteiger partial charge in [0.2, 0.25) is 0 Å². The zero-order chi connectivity index (χ0) is 15.3. The fraction of sp³-hybridized carbons (Fsp3) is 0.158. The van der Waals surface area contributed by atoms with Crippen molar-refractivity contribution in [3.8, 4) is 0 Å². The van der Waals surface area contributed by atoms with Crippen molar-refractivity contribution in [1.82, 2.24) is 10.6 Å². The lowest BCUT2D eigenvalue weighted by Gasteiger charge is -2.35. The Morgan fingerprint density at radius 3 is 2.18 bits per heavy atom. The molecule has 0 aromatic heterocycles. The molecule has 1 atom stereocenters. The van der Waals surface area contributed by atoms with Crippen molar-refractivity contribution in [3.05, 3.63) is 95.8 Å². The highest BCUT2D eigenvalue weighted by atomic mass is 15.2. The maximum Gasteiger partial charge on any atom is 0.114 e. The van der Waals surface area contributed by atoms with E-state index in [1.54, 1.807) is 0 Å². The largest absolute Gasteiger partial charge is 0.399 e. The summed E-state index contributed by atoms with van der Waals surface area (Å²) in [7, 11) is 0. The Morgan fingerprint density at radius 2 is 1.55 bits per heavy atom. The van der Waals surface area contributed by atoms with E-state index in [0.29, 0.717) is 0 Å². The van der Waals surface area contributed by atoms with Crippen LogP contribution in [0.3, 0.4) is 0 Å². The molecule has 22 heavy (non-hydrogen) atoms. The summed E-state index contributed by atoms with van der Waals surface area (Å²) in [5, 5.41) is 7.05. The van der Waals surface area contributed by atoms with Gasteiger partial charge < -0.3 is 11.1 Å². The molecule has 0 bridgehead atoms. The molecule has 0 spiro atoms. The predicted octanol–water partition coefficient (Wildman–Crippen LogP) is 2.67. The average Bonchev–Trinajstić information content (AvgIpc) is 2.55. The van der Waals surface area contributed by atoms with Crippen LogP contribution in [0.4, 0.5) is 0 Å². The van der Waals surface area contributed by atoms with E-state index in [4.69, 9.17) is 5.73 Å². The van der Waals surface area contributed by atoms with Crippen LogP contribution in [0.1, 0.15) is 11.1 Å². The first-order valence-corrected chi connectivity index (χ1v) is 7.51. The smallest absolute Gasteiger partial charge is 0.114 e. The number of rotatable bonds is 5. The molecule has 0 amide bonds. The average molecular weight is 291 g/mol. The number of nitrogens with two attached hydrogens (primary N) is 1. The molecular formula is C19H21N3. The summed E-state index contributed by atoms with van der Waals surface area (Å²) in [5.74, 6) is 0. The Labute approximate surface area is 131 Å². The maximum atomic E-state index is 6.03. The SMILES string of the molecule is NC1=CC(Cc2ccccc2)(NCc2ccccc2)NC=C1. The van der Waals surface area contributed by atoms with Gasteiger partial charge in [-0.1, -0.05) is 60.7 Å². The Bertz CT molecular complexity index is 662. The summed E-state index contributed by atoms with van der Waals surface area (Å²) in [5.41, 5.74) is 8.94. The van der Waals surface area contributed by atoms with Gasteiger partial charge in [-0.05, 0) is 23.3 Å². The predicted molar refractivity (Wildman–Crippen MR) is 90.7 cm³/mol. The lowest BCUT2D eigenvalue weighted by molar-refractivity contribution is 0.350. The third-order valence-corrected chi connectivity index (χ3v) is 3.81. The van der Waals surface area contributed by atoms with Gasteiger partial charge in [-0.2, -0.15) is 0 Å². The van der Waals surface area contributed by atoms with Gasteiger partial charge in [-0.15, -0.1) is 0 Å². The minimum absolute atomic E-state index is 0.365. The van der Waals surface area contributed by atoms with Gasteiger partial charge in [0.15, 0.2) is 0 Å².